The molecule has 0 saturated heterocycles. The minimum absolute atomic E-state index is 0.0496. The molecule has 2 atom stereocenters. The molecular weight excluding hydrogens is 238 g/mol. The fourth-order valence-corrected chi connectivity index (χ4v) is 1.87. The van der Waals surface area contributed by atoms with Crippen LogP contribution in [-0.2, 0) is 14.3 Å². The summed E-state index contributed by atoms with van der Waals surface area (Å²) in [5, 5.41) is 11.8. The summed E-state index contributed by atoms with van der Waals surface area (Å²) in [4.78, 5) is 23.0. The first-order valence-corrected chi connectivity index (χ1v) is 5.91. The molecule has 18 heavy (non-hydrogen) atoms. The molecule has 1 saturated carbocycles. The van der Waals surface area contributed by atoms with E-state index in [0.717, 1.165) is 0 Å². The molecule has 0 aromatic rings. The average molecular weight is 259 g/mol. The molecule has 1 aliphatic rings. The molecule has 1 amide bonds. The third kappa shape index (κ3) is 3.87. The number of amides is 1. The van der Waals surface area contributed by atoms with E-state index in [0.29, 0.717) is 6.42 Å². The van der Waals surface area contributed by atoms with E-state index in [2.05, 4.69) is 10.1 Å². The van der Waals surface area contributed by atoms with Gasteiger partial charge >= 0.3 is 12.1 Å². The molecule has 2 N–H and O–H groups in total. The number of hydrogen-bond acceptors (Lipinski definition) is 5. The molecule has 0 aromatic carbocycles. The molecular formula is C12H21NO5. The number of nitrogens with one attached hydrogen (secondary N) is 1. The quantitative estimate of drug-likeness (QED) is 0.730. The van der Waals surface area contributed by atoms with Crippen molar-refractivity contribution in [2.75, 3.05) is 13.7 Å². The number of aliphatic hydroxyl groups is 1. The van der Waals surface area contributed by atoms with Crippen LogP contribution in [0.5, 0.6) is 0 Å². The smallest absolute Gasteiger partial charge is 0.408 e. The van der Waals surface area contributed by atoms with Crippen LogP contribution in [0, 0.1) is 5.92 Å². The normalized spacial score (nSPS) is 26.4. The first-order chi connectivity index (χ1) is 8.22. The molecule has 0 bridgehead atoms. The van der Waals surface area contributed by atoms with Gasteiger partial charge in [0.25, 0.3) is 0 Å². The molecule has 0 unspecified atom stereocenters. The number of esters is 1. The van der Waals surface area contributed by atoms with Gasteiger partial charge in [-0.15, -0.1) is 0 Å². The third-order valence-electron chi connectivity index (χ3n) is 2.89. The van der Waals surface area contributed by atoms with Crippen molar-refractivity contribution in [2.24, 2.45) is 5.92 Å². The molecule has 104 valence electrons. The zero-order valence-corrected chi connectivity index (χ0v) is 11.3. The largest absolute Gasteiger partial charge is 0.469 e. The van der Waals surface area contributed by atoms with Gasteiger partial charge in [0, 0.05) is 12.5 Å². The molecule has 0 aliphatic heterocycles. The van der Waals surface area contributed by atoms with Crippen LogP contribution in [0.4, 0.5) is 4.79 Å². The van der Waals surface area contributed by atoms with Crippen molar-refractivity contribution in [3.8, 4) is 0 Å². The second kappa shape index (κ2) is 5.14. The Morgan fingerprint density at radius 2 is 2.06 bits per heavy atom. The van der Waals surface area contributed by atoms with Crippen LogP contribution in [0.3, 0.4) is 0 Å². The van der Waals surface area contributed by atoms with E-state index in [1.165, 1.54) is 7.11 Å². The predicted molar refractivity (Wildman–Crippen MR) is 63.9 cm³/mol. The Hall–Kier alpha value is -1.30. The fourth-order valence-electron chi connectivity index (χ4n) is 1.87. The Morgan fingerprint density at radius 3 is 2.44 bits per heavy atom. The Balaban J connectivity index is 2.60. The lowest BCUT2D eigenvalue weighted by Gasteiger charge is -2.23. The van der Waals surface area contributed by atoms with E-state index in [1.54, 1.807) is 20.8 Å². The summed E-state index contributed by atoms with van der Waals surface area (Å²) in [5.41, 5.74) is -1.32. The molecule has 6 heteroatoms. The molecule has 1 rings (SSSR count). The number of aliphatic hydroxyl groups excluding tert-OH is 1. The van der Waals surface area contributed by atoms with E-state index < -0.39 is 23.2 Å². The van der Waals surface area contributed by atoms with Crippen LogP contribution >= 0.6 is 0 Å². The summed E-state index contributed by atoms with van der Waals surface area (Å²) < 4.78 is 9.73. The van der Waals surface area contributed by atoms with Crippen LogP contribution in [-0.4, -0.2) is 42.0 Å². The molecule has 1 fully saturated rings. The van der Waals surface area contributed by atoms with Gasteiger partial charge in [-0.25, -0.2) is 4.79 Å². The molecule has 0 heterocycles. The van der Waals surface area contributed by atoms with Gasteiger partial charge in [0.05, 0.1) is 19.1 Å². The second-order valence-electron chi connectivity index (χ2n) is 5.62. The Bertz CT molecular complexity index is 336. The van der Waals surface area contributed by atoms with Crippen LogP contribution in [0.25, 0.3) is 0 Å². The number of rotatable bonds is 4. The minimum atomic E-state index is -0.718. The van der Waals surface area contributed by atoms with Crippen molar-refractivity contribution in [1.29, 1.82) is 0 Å². The van der Waals surface area contributed by atoms with E-state index >= 15 is 0 Å². The van der Waals surface area contributed by atoms with Gasteiger partial charge < -0.3 is 19.9 Å². The van der Waals surface area contributed by atoms with Gasteiger partial charge in [0.15, 0.2) is 0 Å². The summed E-state index contributed by atoms with van der Waals surface area (Å²) in [7, 11) is 1.29. The summed E-state index contributed by atoms with van der Waals surface area (Å²) in [6.07, 6.45) is 0.0218. The first-order valence-electron chi connectivity index (χ1n) is 5.91. The minimum Gasteiger partial charge on any atom is -0.469 e. The molecule has 0 aromatic heterocycles. The lowest BCUT2D eigenvalue weighted by atomic mass is 10.1. The van der Waals surface area contributed by atoms with Crippen molar-refractivity contribution in [2.45, 2.75) is 44.8 Å². The number of hydrogen-bond donors (Lipinski definition) is 2. The number of ether oxygens (including phenoxy) is 2. The Labute approximate surface area is 107 Å². The summed E-state index contributed by atoms with van der Waals surface area (Å²) >= 11 is 0. The first kappa shape index (κ1) is 14.8. The zero-order chi connectivity index (χ0) is 14.0. The lowest BCUT2D eigenvalue weighted by Crippen LogP contribution is -2.43. The summed E-state index contributed by atoms with van der Waals surface area (Å²) in [6.45, 7) is 5.20. The molecule has 1 aliphatic carbocycles. The van der Waals surface area contributed by atoms with Crippen molar-refractivity contribution < 1.29 is 24.2 Å². The highest BCUT2D eigenvalue weighted by atomic mass is 16.6. The number of alkyl carbamates (subject to hydrolysis) is 1. The van der Waals surface area contributed by atoms with Crippen LogP contribution in [0.2, 0.25) is 0 Å². The van der Waals surface area contributed by atoms with Gasteiger partial charge in [0.1, 0.15) is 5.60 Å². The predicted octanol–water partition coefficient (Wildman–Crippen LogP) is 0.825. The zero-order valence-electron chi connectivity index (χ0n) is 11.3. The fraction of sp³-hybridized carbons (Fsp3) is 0.833. The van der Waals surface area contributed by atoms with Crippen LogP contribution in [0.15, 0.2) is 0 Å². The molecule has 0 radical (unpaired) electrons. The highest BCUT2D eigenvalue weighted by Crippen LogP contribution is 2.46. The average Bonchev–Trinajstić information content (AvgIpc) is 2.87. The number of methoxy groups -OCH3 is 1. The number of carbonyl (C=O) groups is 2. The van der Waals surface area contributed by atoms with Gasteiger partial charge in [-0.3, -0.25) is 4.79 Å². The lowest BCUT2D eigenvalue weighted by molar-refractivity contribution is -0.141. The molecule has 0 spiro atoms. The maximum atomic E-state index is 11.7. The van der Waals surface area contributed by atoms with Gasteiger partial charge in [-0.05, 0) is 27.2 Å². The van der Waals surface area contributed by atoms with Gasteiger partial charge in [0.2, 0.25) is 0 Å². The monoisotopic (exact) mass is 259 g/mol. The Morgan fingerprint density at radius 1 is 1.44 bits per heavy atom. The maximum Gasteiger partial charge on any atom is 0.408 e. The third-order valence-corrected chi connectivity index (χ3v) is 2.89. The standard InChI is InChI=1S/C12H21NO5/c1-11(2,3)18-10(16)13-12(5-8(12)7-14)6-9(15)17-4/h8,14H,5-7H2,1-4H3,(H,13,16)/t8-,12-/m1/s1. The van der Waals surface area contributed by atoms with E-state index in [9.17, 15) is 9.59 Å². The highest BCUT2D eigenvalue weighted by molar-refractivity contribution is 5.75. The topological polar surface area (TPSA) is 84.9 Å². The van der Waals surface area contributed by atoms with Crippen LogP contribution in [0.1, 0.15) is 33.6 Å². The second-order valence-corrected chi connectivity index (χ2v) is 5.62. The van der Waals surface area contributed by atoms with E-state index in [-0.39, 0.29) is 18.9 Å². The van der Waals surface area contributed by atoms with Crippen molar-refractivity contribution in [1.82, 2.24) is 5.32 Å². The van der Waals surface area contributed by atoms with E-state index in [4.69, 9.17) is 9.84 Å². The van der Waals surface area contributed by atoms with Crippen LogP contribution < -0.4 is 5.32 Å². The SMILES string of the molecule is COC(=O)C[C@]1(NC(=O)OC(C)(C)C)C[C@@H]1CO. The molecule has 6 nitrogen and oxygen atoms in total. The van der Waals surface area contributed by atoms with Gasteiger partial charge in [-0.2, -0.15) is 0 Å². The summed E-state index contributed by atoms with van der Waals surface area (Å²) in [5.74, 6) is -0.536. The van der Waals surface area contributed by atoms with Crippen molar-refractivity contribution in [3.05, 3.63) is 0 Å². The van der Waals surface area contributed by atoms with Crippen molar-refractivity contribution >= 4 is 12.1 Å². The highest BCUT2D eigenvalue weighted by Gasteiger charge is 2.56. The summed E-state index contributed by atoms with van der Waals surface area (Å²) in [6, 6.07) is 0. The maximum absolute atomic E-state index is 11.7. The number of carbonyl (C=O) groups excluding carboxylic acids is 2. The van der Waals surface area contributed by atoms with E-state index in [1.807, 2.05) is 0 Å². The van der Waals surface area contributed by atoms with Crippen molar-refractivity contribution in [3.63, 3.8) is 0 Å². The Kier molecular flexibility index (Phi) is 4.21. The van der Waals surface area contributed by atoms with Gasteiger partial charge in [-0.1, -0.05) is 0 Å².